The second-order valence-electron chi connectivity index (χ2n) is 6.47. The van der Waals surface area contributed by atoms with Gasteiger partial charge in [0, 0.05) is 11.1 Å². The number of ether oxygens (including phenoxy) is 1. The highest BCUT2D eigenvalue weighted by molar-refractivity contribution is 6.37. The van der Waals surface area contributed by atoms with Crippen LogP contribution >= 0.6 is 34.8 Å². The van der Waals surface area contributed by atoms with Crippen LogP contribution in [0.1, 0.15) is 5.56 Å². The fraction of sp³-hybridized carbons (Fsp3) is 0.211. The van der Waals surface area contributed by atoms with Gasteiger partial charge in [-0.2, -0.15) is 13.2 Å². The minimum absolute atomic E-state index is 0.0377. The maximum atomic E-state index is 13.2. The van der Waals surface area contributed by atoms with E-state index in [1.54, 1.807) is 19.1 Å². The number of anilines is 2. The van der Waals surface area contributed by atoms with Gasteiger partial charge in [-0.3, -0.25) is 4.79 Å². The van der Waals surface area contributed by atoms with Gasteiger partial charge in [-0.25, -0.2) is 10.4 Å². The molecular weight excluding hydrogens is 482 g/mol. The molecule has 0 bridgehead atoms. The highest BCUT2D eigenvalue weighted by Crippen LogP contribution is 2.39. The molecule has 2 aromatic rings. The van der Waals surface area contributed by atoms with Crippen molar-refractivity contribution >= 4 is 52.1 Å². The largest absolute Gasteiger partial charge is 0.504 e. The molecule has 6 nitrogen and oxygen atoms in total. The Kier molecular flexibility index (Phi) is 6.80. The summed E-state index contributed by atoms with van der Waals surface area (Å²) in [5, 5.41) is 13.8. The highest BCUT2D eigenvalue weighted by atomic mass is 35.5. The van der Waals surface area contributed by atoms with Gasteiger partial charge in [0.05, 0.1) is 21.4 Å². The quantitative estimate of drug-likeness (QED) is 0.483. The third-order valence-corrected chi connectivity index (χ3v) is 5.47. The molecule has 1 amide bonds. The number of para-hydroxylation sites is 1. The molecule has 1 aliphatic heterocycles. The van der Waals surface area contributed by atoms with E-state index in [4.69, 9.17) is 39.5 Å². The minimum Gasteiger partial charge on any atom is -0.504 e. The summed E-state index contributed by atoms with van der Waals surface area (Å²) >= 11 is 18.0. The zero-order chi connectivity index (χ0) is 22.9. The van der Waals surface area contributed by atoms with E-state index in [1.165, 1.54) is 18.2 Å². The van der Waals surface area contributed by atoms with Crippen LogP contribution in [0.3, 0.4) is 0 Å². The molecule has 0 radical (unpaired) electrons. The van der Waals surface area contributed by atoms with Crippen LogP contribution in [-0.4, -0.2) is 29.8 Å². The van der Waals surface area contributed by atoms with Gasteiger partial charge in [0.15, 0.2) is 12.4 Å². The van der Waals surface area contributed by atoms with E-state index in [9.17, 15) is 23.1 Å². The summed E-state index contributed by atoms with van der Waals surface area (Å²) in [6.45, 7) is 0.917. The van der Waals surface area contributed by atoms with Crippen LogP contribution < -0.4 is 15.8 Å². The van der Waals surface area contributed by atoms with E-state index in [1.807, 2.05) is 0 Å². The van der Waals surface area contributed by atoms with E-state index >= 15 is 0 Å². The summed E-state index contributed by atoms with van der Waals surface area (Å²) in [5.74, 6) is -1.43. The maximum Gasteiger partial charge on any atom is 0.409 e. The minimum atomic E-state index is -4.60. The van der Waals surface area contributed by atoms with Gasteiger partial charge in [-0.1, -0.05) is 46.9 Å². The average molecular weight is 497 g/mol. The Bertz CT molecular complexity index is 1050. The molecule has 0 saturated heterocycles. The van der Waals surface area contributed by atoms with Gasteiger partial charge in [0.1, 0.15) is 6.04 Å². The van der Waals surface area contributed by atoms with Gasteiger partial charge >= 0.3 is 6.18 Å². The zero-order valence-corrected chi connectivity index (χ0v) is 18.0. The van der Waals surface area contributed by atoms with E-state index in [0.717, 1.165) is 11.1 Å². The van der Waals surface area contributed by atoms with Crippen molar-refractivity contribution < 1.29 is 27.8 Å². The number of rotatable bonds is 5. The molecule has 0 saturated carbocycles. The number of carbonyl (C=O) groups is 1. The number of hydrogen-bond acceptors (Lipinski definition) is 5. The first-order valence-electron chi connectivity index (χ1n) is 8.68. The molecule has 12 heteroatoms. The van der Waals surface area contributed by atoms with Crippen molar-refractivity contribution in [1.29, 1.82) is 0 Å². The first-order valence-corrected chi connectivity index (χ1v) is 9.82. The lowest BCUT2D eigenvalue weighted by molar-refractivity contribution is -0.142. The molecule has 2 aromatic carbocycles. The molecule has 0 spiro atoms. The highest BCUT2D eigenvalue weighted by Gasteiger charge is 2.44. The number of phenolic OH excluding ortho intramolecular Hbond substituents is 1. The topological polar surface area (TPSA) is 73.8 Å². The lowest BCUT2D eigenvalue weighted by Gasteiger charge is -2.25. The van der Waals surface area contributed by atoms with E-state index in [0.29, 0.717) is 5.56 Å². The molecule has 166 valence electrons. The molecule has 1 unspecified atom stereocenters. The zero-order valence-electron chi connectivity index (χ0n) is 15.7. The van der Waals surface area contributed by atoms with Gasteiger partial charge in [-0.05, 0) is 30.7 Å². The molecule has 0 fully saturated rings. The SMILES string of the molecule is Cc1c(Cl)cc(NC(=O)COC2=CC(C(F)(F)F)NN2c2ccccc2Cl)c(O)c1Cl. The number of hydrogen-bond donors (Lipinski definition) is 3. The Morgan fingerprint density at radius 3 is 2.58 bits per heavy atom. The molecule has 31 heavy (non-hydrogen) atoms. The van der Waals surface area contributed by atoms with E-state index in [2.05, 4.69) is 10.7 Å². The lowest BCUT2D eigenvalue weighted by atomic mass is 10.2. The predicted molar refractivity (Wildman–Crippen MR) is 112 cm³/mol. The van der Waals surface area contributed by atoms with Crippen LogP contribution in [0.4, 0.5) is 24.5 Å². The molecule has 1 aliphatic rings. The van der Waals surface area contributed by atoms with Crippen LogP contribution in [0.15, 0.2) is 42.3 Å². The summed E-state index contributed by atoms with van der Waals surface area (Å²) < 4.78 is 44.9. The van der Waals surface area contributed by atoms with Gasteiger partial charge in [0.2, 0.25) is 5.88 Å². The van der Waals surface area contributed by atoms with Crippen molar-refractivity contribution in [2.45, 2.75) is 19.1 Å². The number of alkyl halides is 3. The molecule has 0 aliphatic carbocycles. The Hall–Kier alpha value is -2.33. The normalized spacial score (nSPS) is 16.3. The van der Waals surface area contributed by atoms with Crippen molar-refractivity contribution in [3.63, 3.8) is 0 Å². The lowest BCUT2D eigenvalue weighted by Crippen LogP contribution is -2.45. The number of hydrazine groups is 1. The molecule has 3 N–H and O–H groups in total. The van der Waals surface area contributed by atoms with Gasteiger partial charge < -0.3 is 15.2 Å². The molecule has 0 aromatic heterocycles. The second-order valence-corrected chi connectivity index (χ2v) is 7.66. The smallest absolute Gasteiger partial charge is 0.409 e. The van der Waals surface area contributed by atoms with Gasteiger partial charge in [0.25, 0.3) is 5.91 Å². The summed E-state index contributed by atoms with van der Waals surface area (Å²) in [6.07, 6.45) is -3.82. The predicted octanol–water partition coefficient (Wildman–Crippen LogP) is 5.41. The van der Waals surface area contributed by atoms with Crippen LogP contribution in [0.2, 0.25) is 15.1 Å². The van der Waals surface area contributed by atoms with Crippen LogP contribution in [0, 0.1) is 6.92 Å². The first kappa shape index (κ1) is 23.3. The van der Waals surface area contributed by atoms with Crippen LogP contribution in [0.25, 0.3) is 0 Å². The fourth-order valence-electron chi connectivity index (χ4n) is 2.68. The van der Waals surface area contributed by atoms with E-state index < -0.39 is 30.5 Å². The third-order valence-electron chi connectivity index (χ3n) is 4.29. The Labute approximate surface area is 190 Å². The average Bonchev–Trinajstić information content (AvgIpc) is 3.14. The third kappa shape index (κ3) is 5.12. The van der Waals surface area contributed by atoms with Gasteiger partial charge in [-0.15, -0.1) is 0 Å². The fourth-order valence-corrected chi connectivity index (χ4v) is 3.36. The standard InChI is InChI=1S/C19H15Cl3F3N3O3/c1-9-11(21)6-12(18(30)17(9)22)26-15(29)8-31-16-7-14(19(23,24)25)27-28(16)13-5-3-2-4-10(13)20/h2-7,14,27,30H,8H2,1H3,(H,26,29). The molecular formula is C19H15Cl3F3N3O3. The second kappa shape index (κ2) is 9.04. The van der Waals surface area contributed by atoms with E-state index in [-0.39, 0.29) is 32.3 Å². The Morgan fingerprint density at radius 2 is 1.94 bits per heavy atom. The first-order chi connectivity index (χ1) is 14.5. The van der Waals surface area contributed by atoms with Crippen molar-refractivity contribution in [1.82, 2.24) is 5.43 Å². The summed E-state index contributed by atoms with van der Waals surface area (Å²) in [7, 11) is 0. The van der Waals surface area contributed by atoms with Crippen molar-refractivity contribution in [2.75, 3.05) is 16.9 Å². The molecule has 1 heterocycles. The summed E-state index contributed by atoms with van der Waals surface area (Å²) in [5.41, 5.74) is 2.80. The summed E-state index contributed by atoms with van der Waals surface area (Å²) in [4.78, 5) is 12.3. The van der Waals surface area contributed by atoms with Crippen molar-refractivity contribution in [2.24, 2.45) is 0 Å². The summed E-state index contributed by atoms with van der Waals surface area (Å²) in [6, 6.07) is 5.44. The number of nitrogens with zero attached hydrogens (tertiary/aromatic N) is 1. The number of nitrogens with one attached hydrogen (secondary N) is 2. The number of amides is 1. The molecule has 1 atom stereocenters. The molecule has 3 rings (SSSR count). The maximum absolute atomic E-state index is 13.2. The Balaban J connectivity index is 1.76. The van der Waals surface area contributed by atoms with Crippen LogP contribution in [-0.2, 0) is 9.53 Å². The van der Waals surface area contributed by atoms with Crippen LogP contribution in [0.5, 0.6) is 5.75 Å². The number of phenols is 1. The Morgan fingerprint density at radius 1 is 1.26 bits per heavy atom. The monoisotopic (exact) mass is 495 g/mol. The number of halogens is 6. The number of benzene rings is 2. The number of aromatic hydroxyl groups is 1. The number of carbonyl (C=O) groups excluding carboxylic acids is 1. The van der Waals surface area contributed by atoms with Crippen molar-refractivity contribution in [3.8, 4) is 5.75 Å². The van der Waals surface area contributed by atoms with Crippen molar-refractivity contribution in [3.05, 3.63) is 62.9 Å².